The van der Waals surface area contributed by atoms with Gasteiger partial charge in [-0.1, -0.05) is 11.6 Å². The van der Waals surface area contributed by atoms with Gasteiger partial charge in [0.25, 0.3) is 0 Å². The topological polar surface area (TPSA) is 60.9 Å². The molecule has 0 aromatic carbocycles. The van der Waals surface area contributed by atoms with Gasteiger partial charge in [0.15, 0.2) is 5.82 Å². The predicted octanol–water partition coefficient (Wildman–Crippen LogP) is 3.04. The third kappa shape index (κ3) is 3.43. The third-order valence-corrected chi connectivity index (χ3v) is 2.85. The van der Waals surface area contributed by atoms with Crippen LogP contribution in [0.4, 0.5) is 13.2 Å². The van der Waals surface area contributed by atoms with Gasteiger partial charge in [-0.05, 0) is 24.3 Å². The van der Waals surface area contributed by atoms with E-state index in [9.17, 15) is 18.0 Å². The molecule has 0 spiro atoms. The highest BCUT2D eigenvalue weighted by Crippen LogP contribution is 2.32. The van der Waals surface area contributed by atoms with Gasteiger partial charge in [-0.3, -0.25) is 4.79 Å². The minimum absolute atomic E-state index is 0.124. The van der Waals surface area contributed by atoms with E-state index in [0.717, 1.165) is 12.1 Å². The van der Waals surface area contributed by atoms with Gasteiger partial charge in [0.05, 0.1) is 10.6 Å². The van der Waals surface area contributed by atoms with Crippen molar-refractivity contribution >= 4 is 23.6 Å². The average Bonchev–Trinajstić information content (AvgIpc) is 2.83. The van der Waals surface area contributed by atoms with Gasteiger partial charge in [0.1, 0.15) is 0 Å². The number of pyridine rings is 1. The van der Waals surface area contributed by atoms with Gasteiger partial charge in [-0.15, -0.1) is 0 Å². The summed E-state index contributed by atoms with van der Waals surface area (Å²) < 4.78 is 39.1. The van der Waals surface area contributed by atoms with Crippen molar-refractivity contribution in [2.24, 2.45) is 5.73 Å². The number of halogens is 4. The van der Waals surface area contributed by atoms with Crippen LogP contribution in [-0.4, -0.2) is 15.5 Å². The fourth-order valence-corrected chi connectivity index (χ4v) is 1.91. The lowest BCUT2D eigenvalue weighted by Gasteiger charge is -2.11. The van der Waals surface area contributed by atoms with E-state index in [1.807, 2.05) is 0 Å². The van der Waals surface area contributed by atoms with Gasteiger partial charge in [0.2, 0.25) is 5.91 Å². The van der Waals surface area contributed by atoms with E-state index in [1.54, 1.807) is 18.3 Å². The molecule has 2 N–H and O–H groups in total. The van der Waals surface area contributed by atoms with Crippen LogP contribution in [0.5, 0.6) is 0 Å². The van der Waals surface area contributed by atoms with Gasteiger partial charge in [-0.2, -0.15) is 13.2 Å². The molecule has 21 heavy (non-hydrogen) atoms. The molecule has 0 saturated heterocycles. The Bertz CT molecular complexity index is 707. The van der Waals surface area contributed by atoms with Gasteiger partial charge in [-0.25, -0.2) is 4.98 Å². The van der Waals surface area contributed by atoms with E-state index in [1.165, 1.54) is 10.6 Å². The Labute approximate surface area is 122 Å². The molecule has 4 nitrogen and oxygen atoms in total. The Morgan fingerprint density at radius 1 is 1.43 bits per heavy atom. The van der Waals surface area contributed by atoms with Gasteiger partial charge < -0.3 is 10.3 Å². The first-order valence-corrected chi connectivity index (χ1v) is 6.05. The molecule has 0 atom stereocenters. The highest BCUT2D eigenvalue weighted by molar-refractivity contribution is 6.32. The number of aromatic nitrogens is 2. The Balaban J connectivity index is 2.44. The van der Waals surface area contributed by atoms with Crippen molar-refractivity contribution in [3.05, 3.63) is 52.9 Å². The number of hydrogen-bond acceptors (Lipinski definition) is 2. The Morgan fingerprint density at radius 3 is 2.71 bits per heavy atom. The highest BCUT2D eigenvalue weighted by Gasteiger charge is 2.31. The number of amides is 1. The SMILES string of the molecule is NC(=O)/C=C/c1cccn1-c1ncc(C(F)(F)F)cc1Cl. The zero-order chi connectivity index (χ0) is 15.6. The molecule has 0 saturated carbocycles. The van der Waals surface area contributed by atoms with Crippen LogP contribution in [0, 0.1) is 0 Å². The van der Waals surface area contributed by atoms with E-state index in [4.69, 9.17) is 17.3 Å². The number of nitrogens with two attached hydrogens (primary N) is 1. The summed E-state index contributed by atoms with van der Waals surface area (Å²) >= 11 is 5.86. The third-order valence-electron chi connectivity index (χ3n) is 2.58. The molecule has 1 amide bonds. The van der Waals surface area contributed by atoms with E-state index >= 15 is 0 Å². The molecule has 0 radical (unpaired) electrons. The summed E-state index contributed by atoms with van der Waals surface area (Å²) in [5.74, 6) is -0.520. The van der Waals surface area contributed by atoms with Crippen molar-refractivity contribution in [3.63, 3.8) is 0 Å². The van der Waals surface area contributed by atoms with E-state index in [0.29, 0.717) is 11.9 Å². The maximum absolute atomic E-state index is 12.6. The van der Waals surface area contributed by atoms with Crippen LogP contribution in [0.15, 0.2) is 36.7 Å². The molecule has 0 bridgehead atoms. The lowest BCUT2D eigenvalue weighted by Crippen LogP contribution is -2.08. The van der Waals surface area contributed by atoms with E-state index in [2.05, 4.69) is 4.98 Å². The molecular formula is C13H9ClF3N3O. The summed E-state index contributed by atoms with van der Waals surface area (Å²) in [6, 6.07) is 4.07. The number of alkyl halides is 3. The Kier molecular flexibility index (Phi) is 4.04. The summed E-state index contributed by atoms with van der Waals surface area (Å²) in [6.45, 7) is 0. The summed E-state index contributed by atoms with van der Waals surface area (Å²) in [5, 5.41) is -0.158. The molecule has 8 heteroatoms. The summed E-state index contributed by atoms with van der Waals surface area (Å²) in [4.78, 5) is 14.5. The van der Waals surface area contributed by atoms with Crippen molar-refractivity contribution < 1.29 is 18.0 Å². The van der Waals surface area contributed by atoms with Crippen LogP contribution in [0.3, 0.4) is 0 Å². The second-order valence-corrected chi connectivity index (χ2v) is 4.47. The first-order valence-electron chi connectivity index (χ1n) is 5.67. The van der Waals surface area contributed by atoms with Crippen LogP contribution in [0.1, 0.15) is 11.3 Å². The number of hydrogen-bond donors (Lipinski definition) is 1. The lowest BCUT2D eigenvalue weighted by molar-refractivity contribution is -0.137. The molecule has 2 rings (SSSR count). The lowest BCUT2D eigenvalue weighted by atomic mass is 10.2. The minimum atomic E-state index is -4.51. The van der Waals surface area contributed by atoms with Crippen molar-refractivity contribution in [1.82, 2.24) is 9.55 Å². The van der Waals surface area contributed by atoms with Crippen LogP contribution in [-0.2, 0) is 11.0 Å². The van der Waals surface area contributed by atoms with Gasteiger partial charge in [0, 0.05) is 24.2 Å². The zero-order valence-electron chi connectivity index (χ0n) is 10.4. The summed E-state index contributed by atoms with van der Waals surface area (Å²) in [7, 11) is 0. The minimum Gasteiger partial charge on any atom is -0.366 e. The quantitative estimate of drug-likeness (QED) is 0.885. The molecule has 110 valence electrons. The van der Waals surface area contributed by atoms with Crippen LogP contribution in [0.25, 0.3) is 11.9 Å². The molecule has 2 heterocycles. The number of rotatable bonds is 3. The monoisotopic (exact) mass is 315 g/mol. The molecular weight excluding hydrogens is 307 g/mol. The van der Waals surface area contributed by atoms with Crippen molar-refractivity contribution in [2.75, 3.05) is 0 Å². The van der Waals surface area contributed by atoms with Crippen molar-refractivity contribution in [1.29, 1.82) is 0 Å². The number of nitrogens with zero attached hydrogens (tertiary/aromatic N) is 2. The second kappa shape index (κ2) is 5.61. The van der Waals surface area contributed by atoms with Gasteiger partial charge >= 0.3 is 6.18 Å². The Hall–Kier alpha value is -2.28. The largest absolute Gasteiger partial charge is 0.417 e. The second-order valence-electron chi connectivity index (χ2n) is 4.07. The molecule has 2 aromatic rings. The maximum Gasteiger partial charge on any atom is 0.417 e. The molecule has 0 aliphatic rings. The van der Waals surface area contributed by atoms with Crippen LogP contribution < -0.4 is 5.73 Å². The normalized spacial score (nSPS) is 12.0. The number of primary amides is 1. The van der Waals surface area contributed by atoms with Crippen LogP contribution >= 0.6 is 11.6 Å². The van der Waals surface area contributed by atoms with E-state index < -0.39 is 17.6 Å². The molecule has 0 aliphatic carbocycles. The molecule has 0 fully saturated rings. The first kappa shape index (κ1) is 15.1. The molecule has 0 unspecified atom stereocenters. The van der Waals surface area contributed by atoms with Crippen molar-refractivity contribution in [3.8, 4) is 5.82 Å². The molecule has 2 aromatic heterocycles. The maximum atomic E-state index is 12.6. The fourth-order valence-electron chi connectivity index (χ4n) is 1.65. The number of carbonyl (C=O) groups excluding carboxylic acids is 1. The standard InChI is InChI=1S/C13H9ClF3N3O/c14-10-6-8(13(15,16)17)7-19-12(10)20-5-1-2-9(20)3-4-11(18)21/h1-7H,(H2,18,21)/b4-3+. The first-order chi connectivity index (χ1) is 9.79. The average molecular weight is 316 g/mol. The molecule has 0 aliphatic heterocycles. The Morgan fingerprint density at radius 2 is 2.14 bits per heavy atom. The zero-order valence-corrected chi connectivity index (χ0v) is 11.2. The smallest absolute Gasteiger partial charge is 0.366 e. The van der Waals surface area contributed by atoms with Crippen molar-refractivity contribution in [2.45, 2.75) is 6.18 Å². The van der Waals surface area contributed by atoms with E-state index in [-0.39, 0.29) is 10.8 Å². The summed E-state index contributed by atoms with van der Waals surface area (Å²) in [5.41, 5.74) is 4.56. The summed E-state index contributed by atoms with van der Waals surface area (Å²) in [6.07, 6.45) is 0.285. The van der Waals surface area contributed by atoms with Crippen LogP contribution in [0.2, 0.25) is 5.02 Å². The predicted molar refractivity (Wildman–Crippen MR) is 71.8 cm³/mol. The highest BCUT2D eigenvalue weighted by atomic mass is 35.5. The fraction of sp³-hybridized carbons (Fsp3) is 0.0769. The number of carbonyl (C=O) groups is 1.